The van der Waals surface area contributed by atoms with Crippen molar-refractivity contribution in [1.29, 1.82) is 0 Å². The van der Waals surface area contributed by atoms with Crippen molar-refractivity contribution in [3.8, 4) is 5.75 Å². The minimum atomic E-state index is 0.155. The molecule has 0 spiro atoms. The molecule has 0 amide bonds. The first-order valence-electron chi connectivity index (χ1n) is 10.6. The molecule has 3 aromatic rings. The summed E-state index contributed by atoms with van der Waals surface area (Å²) in [6, 6.07) is 6.07. The maximum absolute atomic E-state index is 6.34. The Morgan fingerprint density at radius 2 is 2.21 bits per heavy atom. The zero-order valence-corrected chi connectivity index (χ0v) is 17.6. The number of nitrogen functional groups attached to an aromatic ring is 1. The number of anilines is 1. The maximum Gasteiger partial charge on any atom is 0.152 e. The number of hydrogen-bond donors (Lipinski definition) is 2. The number of rotatable bonds is 7. The first-order chi connectivity index (χ1) is 14.1. The third-order valence-electron chi connectivity index (χ3n) is 5.79. The van der Waals surface area contributed by atoms with Crippen LogP contribution in [0.15, 0.2) is 18.2 Å². The predicted molar refractivity (Wildman–Crippen MR) is 116 cm³/mol. The minimum Gasteiger partial charge on any atom is -0.490 e. The van der Waals surface area contributed by atoms with Crippen molar-refractivity contribution in [2.75, 3.05) is 25.9 Å². The molecule has 7 nitrogen and oxygen atoms in total. The van der Waals surface area contributed by atoms with Gasteiger partial charge in [0.1, 0.15) is 23.7 Å². The van der Waals surface area contributed by atoms with Gasteiger partial charge in [-0.15, -0.1) is 0 Å². The van der Waals surface area contributed by atoms with E-state index >= 15 is 0 Å². The van der Waals surface area contributed by atoms with E-state index in [1.807, 2.05) is 12.1 Å². The van der Waals surface area contributed by atoms with Crippen LogP contribution in [-0.2, 0) is 17.9 Å². The number of benzene rings is 1. The Labute approximate surface area is 171 Å². The third kappa shape index (κ3) is 3.89. The fourth-order valence-electron chi connectivity index (χ4n) is 4.30. The third-order valence-corrected chi connectivity index (χ3v) is 5.79. The van der Waals surface area contributed by atoms with Gasteiger partial charge in [-0.05, 0) is 50.9 Å². The Bertz CT molecular complexity index is 994. The quantitative estimate of drug-likeness (QED) is 0.635. The van der Waals surface area contributed by atoms with E-state index in [2.05, 4.69) is 34.8 Å². The van der Waals surface area contributed by atoms with E-state index in [0.29, 0.717) is 18.3 Å². The number of methoxy groups -OCH3 is 1. The Kier molecular flexibility index (Phi) is 5.87. The molecule has 29 heavy (non-hydrogen) atoms. The first-order valence-corrected chi connectivity index (χ1v) is 10.6. The van der Waals surface area contributed by atoms with E-state index < -0.39 is 0 Å². The van der Waals surface area contributed by atoms with Crippen LogP contribution >= 0.6 is 0 Å². The smallest absolute Gasteiger partial charge is 0.152 e. The summed E-state index contributed by atoms with van der Waals surface area (Å²) in [6.07, 6.45) is 3.56. The Balaban J connectivity index is 1.77. The van der Waals surface area contributed by atoms with Crippen molar-refractivity contribution < 1.29 is 9.47 Å². The second kappa shape index (κ2) is 8.55. The largest absolute Gasteiger partial charge is 0.490 e. The van der Waals surface area contributed by atoms with Crippen molar-refractivity contribution in [3.63, 3.8) is 0 Å². The molecule has 7 heteroatoms. The van der Waals surface area contributed by atoms with Crippen LogP contribution in [0.3, 0.4) is 0 Å². The molecule has 2 atom stereocenters. The highest BCUT2D eigenvalue weighted by atomic mass is 16.5. The average molecular weight is 398 g/mol. The van der Waals surface area contributed by atoms with E-state index in [4.69, 9.17) is 20.2 Å². The van der Waals surface area contributed by atoms with Gasteiger partial charge in [0.15, 0.2) is 5.82 Å². The lowest BCUT2D eigenvalue weighted by atomic mass is 9.94. The number of imidazole rings is 1. The van der Waals surface area contributed by atoms with Gasteiger partial charge in [-0.3, -0.25) is 0 Å². The highest BCUT2D eigenvalue weighted by Crippen LogP contribution is 2.32. The summed E-state index contributed by atoms with van der Waals surface area (Å²) in [4.78, 5) is 9.32. The monoisotopic (exact) mass is 397 g/mol. The molecule has 0 bridgehead atoms. The maximum atomic E-state index is 6.34. The molecule has 1 aliphatic heterocycles. The van der Waals surface area contributed by atoms with E-state index in [0.717, 1.165) is 59.6 Å². The zero-order chi connectivity index (χ0) is 20.4. The van der Waals surface area contributed by atoms with Gasteiger partial charge >= 0.3 is 0 Å². The Morgan fingerprint density at radius 1 is 1.34 bits per heavy atom. The summed E-state index contributed by atoms with van der Waals surface area (Å²) in [5.74, 6) is 2.72. The zero-order valence-electron chi connectivity index (χ0n) is 17.6. The van der Waals surface area contributed by atoms with E-state index in [-0.39, 0.29) is 6.10 Å². The number of ether oxygens (including phenoxy) is 2. The lowest BCUT2D eigenvalue weighted by Crippen LogP contribution is -2.37. The second-order valence-corrected chi connectivity index (χ2v) is 7.92. The van der Waals surface area contributed by atoms with Gasteiger partial charge in [0.25, 0.3) is 0 Å². The van der Waals surface area contributed by atoms with Gasteiger partial charge in [-0.2, -0.15) is 0 Å². The number of nitrogens with two attached hydrogens (primary N) is 1. The predicted octanol–water partition coefficient (Wildman–Crippen LogP) is 3.49. The summed E-state index contributed by atoms with van der Waals surface area (Å²) in [7, 11) is 1.68. The van der Waals surface area contributed by atoms with Crippen LogP contribution in [0.1, 0.15) is 38.9 Å². The van der Waals surface area contributed by atoms with Crippen molar-refractivity contribution in [1.82, 2.24) is 19.9 Å². The molecule has 3 N–H and O–H groups in total. The van der Waals surface area contributed by atoms with Crippen molar-refractivity contribution >= 4 is 27.8 Å². The number of aryl methyl sites for hydroxylation is 1. The van der Waals surface area contributed by atoms with Crippen LogP contribution < -0.4 is 15.8 Å². The number of fused-ring (bicyclic) bond motifs is 3. The van der Waals surface area contributed by atoms with Crippen molar-refractivity contribution in [2.24, 2.45) is 5.92 Å². The number of nitrogens with zero attached hydrogens (tertiary/aromatic N) is 3. The van der Waals surface area contributed by atoms with E-state index in [9.17, 15) is 0 Å². The summed E-state index contributed by atoms with van der Waals surface area (Å²) in [5, 5.41) is 4.49. The van der Waals surface area contributed by atoms with E-state index in [1.165, 1.54) is 12.8 Å². The van der Waals surface area contributed by atoms with Gasteiger partial charge in [0, 0.05) is 31.5 Å². The van der Waals surface area contributed by atoms with Crippen LogP contribution in [0.25, 0.3) is 21.9 Å². The highest BCUT2D eigenvalue weighted by Gasteiger charge is 2.22. The normalized spacial score (nSPS) is 18.4. The van der Waals surface area contributed by atoms with Gasteiger partial charge < -0.3 is 25.1 Å². The summed E-state index contributed by atoms with van der Waals surface area (Å²) < 4.78 is 13.9. The fourth-order valence-corrected chi connectivity index (χ4v) is 4.30. The number of hydrogen-bond acceptors (Lipinski definition) is 6. The average Bonchev–Trinajstić information content (AvgIpc) is 3.09. The molecule has 3 heterocycles. The Morgan fingerprint density at radius 3 is 2.93 bits per heavy atom. The van der Waals surface area contributed by atoms with Gasteiger partial charge in [0.2, 0.25) is 0 Å². The van der Waals surface area contributed by atoms with Crippen LogP contribution in [0.4, 0.5) is 5.82 Å². The topological polar surface area (TPSA) is 87.2 Å². The van der Waals surface area contributed by atoms with Crippen LogP contribution in [0, 0.1) is 5.92 Å². The lowest BCUT2D eigenvalue weighted by molar-refractivity contribution is 0.131. The fraction of sp³-hybridized carbons (Fsp3) is 0.545. The molecule has 1 aliphatic rings. The van der Waals surface area contributed by atoms with E-state index in [1.54, 1.807) is 7.11 Å². The number of aromatic nitrogens is 3. The molecular formula is C22H31N5O2. The van der Waals surface area contributed by atoms with Gasteiger partial charge in [-0.25, -0.2) is 9.97 Å². The van der Waals surface area contributed by atoms with Crippen molar-refractivity contribution in [3.05, 3.63) is 24.0 Å². The molecule has 0 radical (unpaired) electrons. The van der Waals surface area contributed by atoms with Crippen LogP contribution in [0.2, 0.25) is 0 Å². The number of piperidine rings is 1. The molecule has 1 aromatic carbocycles. The molecule has 0 aliphatic carbocycles. The lowest BCUT2D eigenvalue weighted by Gasteiger charge is -2.28. The highest BCUT2D eigenvalue weighted by molar-refractivity contribution is 6.07. The molecule has 1 fully saturated rings. The van der Waals surface area contributed by atoms with Gasteiger partial charge in [0.05, 0.1) is 17.1 Å². The molecule has 2 aromatic heterocycles. The first kappa shape index (κ1) is 19.9. The summed E-state index contributed by atoms with van der Waals surface area (Å²) in [5.41, 5.74) is 8.85. The second-order valence-electron chi connectivity index (χ2n) is 7.92. The molecule has 2 unspecified atom stereocenters. The summed E-state index contributed by atoms with van der Waals surface area (Å²) in [6.45, 7) is 7.73. The number of pyridine rings is 1. The van der Waals surface area contributed by atoms with Crippen LogP contribution in [-0.4, -0.2) is 40.8 Å². The van der Waals surface area contributed by atoms with Gasteiger partial charge in [-0.1, -0.05) is 6.92 Å². The summed E-state index contributed by atoms with van der Waals surface area (Å²) >= 11 is 0. The molecule has 0 saturated carbocycles. The molecule has 1 saturated heterocycles. The molecule has 4 rings (SSSR count). The minimum absolute atomic E-state index is 0.155. The van der Waals surface area contributed by atoms with Crippen molar-refractivity contribution in [2.45, 2.75) is 52.4 Å². The SMILES string of the molecule is CCCn1c(COC)nc2c(N)nc3ccc(OC(C)C4CCCNC4)cc3c21. The standard InChI is InChI=1S/C22H31N5O2/c1-4-10-27-19(13-28-3)26-20-21(27)17-11-16(7-8-18(17)25-22(20)23)29-14(2)15-6-5-9-24-12-15/h7-8,11,14-15,24H,4-6,9-10,12-13H2,1-3H3,(H2,23,25). The van der Waals surface area contributed by atoms with Crippen LogP contribution in [0.5, 0.6) is 5.75 Å². The molecule has 156 valence electrons. The molecular weight excluding hydrogens is 366 g/mol. The Hall–Kier alpha value is -2.38. The number of nitrogens with one attached hydrogen (secondary N) is 1.